The molecule has 96 valence electrons. The molecule has 0 radical (unpaired) electrons. The molecular weight excluding hydrogens is 248 g/mol. The summed E-state index contributed by atoms with van der Waals surface area (Å²) in [5.74, 6) is -0.219. The van der Waals surface area contributed by atoms with E-state index in [4.69, 9.17) is 0 Å². The molecule has 0 unspecified atom stereocenters. The van der Waals surface area contributed by atoms with E-state index >= 15 is 0 Å². The molecule has 5 heteroatoms. The fourth-order valence-electron chi connectivity index (χ4n) is 1.63. The van der Waals surface area contributed by atoms with Crippen molar-refractivity contribution >= 4 is 32.7 Å². The highest BCUT2D eigenvalue weighted by molar-refractivity contribution is 7.22. The van der Waals surface area contributed by atoms with Crippen LogP contribution in [-0.4, -0.2) is 24.6 Å². The quantitative estimate of drug-likeness (QED) is 0.844. The van der Waals surface area contributed by atoms with Crippen LogP contribution in [-0.2, 0) is 16.0 Å². The van der Waals surface area contributed by atoms with Gasteiger partial charge in [-0.1, -0.05) is 24.3 Å². The highest BCUT2D eigenvalue weighted by atomic mass is 32.1. The Hall–Kier alpha value is -1.62. The predicted molar refractivity (Wildman–Crippen MR) is 74.1 cm³/mol. The number of fused-ring (bicyclic) bond motifs is 1. The second-order valence-corrected chi connectivity index (χ2v) is 5.03. The SMILES string of the molecule is CCCNc1nc2ccc(CC(=O)OC)cc2s1. The first kappa shape index (κ1) is 12.8. The van der Waals surface area contributed by atoms with Gasteiger partial charge >= 0.3 is 5.97 Å². The van der Waals surface area contributed by atoms with E-state index in [1.54, 1.807) is 11.3 Å². The molecule has 4 nitrogen and oxygen atoms in total. The van der Waals surface area contributed by atoms with Crippen molar-refractivity contribution in [2.75, 3.05) is 19.0 Å². The standard InChI is InChI=1S/C13H16N2O2S/c1-3-6-14-13-15-10-5-4-9(7-11(10)18-13)8-12(16)17-2/h4-5,7H,3,6,8H2,1-2H3,(H,14,15). The Balaban J connectivity index is 2.19. The van der Waals surface area contributed by atoms with Crippen LogP contribution in [0.2, 0.25) is 0 Å². The summed E-state index contributed by atoms with van der Waals surface area (Å²) < 4.78 is 5.75. The Kier molecular flexibility index (Phi) is 4.15. The van der Waals surface area contributed by atoms with Gasteiger partial charge in [0, 0.05) is 6.54 Å². The summed E-state index contributed by atoms with van der Waals surface area (Å²) in [6.45, 7) is 3.05. The number of carbonyl (C=O) groups is 1. The summed E-state index contributed by atoms with van der Waals surface area (Å²) in [5, 5.41) is 4.20. The van der Waals surface area contributed by atoms with Crippen molar-refractivity contribution in [3.63, 3.8) is 0 Å². The first-order valence-electron chi connectivity index (χ1n) is 5.93. The number of nitrogens with one attached hydrogen (secondary N) is 1. The smallest absolute Gasteiger partial charge is 0.309 e. The van der Waals surface area contributed by atoms with Crippen LogP contribution in [0.1, 0.15) is 18.9 Å². The summed E-state index contributed by atoms with van der Waals surface area (Å²) in [4.78, 5) is 15.7. The first-order valence-corrected chi connectivity index (χ1v) is 6.74. The van der Waals surface area contributed by atoms with E-state index in [2.05, 4.69) is 22.0 Å². The Morgan fingerprint density at radius 1 is 1.50 bits per heavy atom. The molecule has 0 saturated carbocycles. The molecule has 0 aliphatic rings. The molecule has 0 atom stereocenters. The molecule has 0 aliphatic heterocycles. The van der Waals surface area contributed by atoms with Gasteiger partial charge in [0.1, 0.15) is 0 Å². The van der Waals surface area contributed by atoms with Crippen LogP contribution in [0.5, 0.6) is 0 Å². The van der Waals surface area contributed by atoms with Crippen LogP contribution in [0.3, 0.4) is 0 Å². The number of aromatic nitrogens is 1. The molecule has 0 spiro atoms. The average molecular weight is 264 g/mol. The van der Waals surface area contributed by atoms with Crippen molar-refractivity contribution in [2.45, 2.75) is 19.8 Å². The third-order valence-corrected chi connectivity index (χ3v) is 3.53. The molecule has 1 aromatic carbocycles. The average Bonchev–Trinajstić information content (AvgIpc) is 2.78. The van der Waals surface area contributed by atoms with Gasteiger partial charge in [-0.3, -0.25) is 4.79 Å². The van der Waals surface area contributed by atoms with E-state index in [0.29, 0.717) is 6.42 Å². The molecule has 0 fully saturated rings. The Morgan fingerprint density at radius 3 is 3.06 bits per heavy atom. The zero-order valence-corrected chi connectivity index (χ0v) is 11.3. The number of hydrogen-bond donors (Lipinski definition) is 1. The molecule has 1 aromatic heterocycles. The third kappa shape index (κ3) is 2.98. The zero-order valence-electron chi connectivity index (χ0n) is 10.5. The lowest BCUT2D eigenvalue weighted by molar-refractivity contribution is -0.139. The number of methoxy groups -OCH3 is 1. The van der Waals surface area contributed by atoms with E-state index in [9.17, 15) is 4.79 Å². The van der Waals surface area contributed by atoms with Gasteiger partial charge in [-0.15, -0.1) is 0 Å². The number of anilines is 1. The van der Waals surface area contributed by atoms with Gasteiger partial charge in [0.25, 0.3) is 0 Å². The van der Waals surface area contributed by atoms with E-state index in [-0.39, 0.29) is 5.97 Å². The van der Waals surface area contributed by atoms with Gasteiger partial charge in [-0.2, -0.15) is 0 Å². The normalized spacial score (nSPS) is 10.6. The summed E-state index contributed by atoms with van der Waals surface area (Å²) >= 11 is 1.61. The van der Waals surface area contributed by atoms with Crippen molar-refractivity contribution in [3.8, 4) is 0 Å². The van der Waals surface area contributed by atoms with Crippen molar-refractivity contribution in [2.24, 2.45) is 0 Å². The van der Waals surface area contributed by atoms with Crippen LogP contribution >= 0.6 is 11.3 Å². The molecule has 1 N–H and O–H groups in total. The largest absolute Gasteiger partial charge is 0.469 e. The maximum absolute atomic E-state index is 11.2. The topological polar surface area (TPSA) is 51.2 Å². The molecule has 1 heterocycles. The Labute approximate surface area is 110 Å². The summed E-state index contributed by atoms with van der Waals surface area (Å²) in [6.07, 6.45) is 1.38. The van der Waals surface area contributed by atoms with E-state index in [0.717, 1.165) is 33.9 Å². The lowest BCUT2D eigenvalue weighted by Gasteiger charge is -1.98. The first-order chi connectivity index (χ1) is 8.72. The maximum atomic E-state index is 11.2. The number of thiazole rings is 1. The van der Waals surface area contributed by atoms with Crippen LogP contribution < -0.4 is 5.32 Å². The van der Waals surface area contributed by atoms with E-state index < -0.39 is 0 Å². The van der Waals surface area contributed by atoms with Crippen molar-refractivity contribution in [3.05, 3.63) is 23.8 Å². The second-order valence-electron chi connectivity index (χ2n) is 4.00. The molecule has 0 amide bonds. The zero-order chi connectivity index (χ0) is 13.0. The molecule has 2 rings (SSSR count). The molecular formula is C13H16N2O2S. The van der Waals surface area contributed by atoms with Gasteiger partial charge in [-0.05, 0) is 24.1 Å². The minimum Gasteiger partial charge on any atom is -0.469 e. The van der Waals surface area contributed by atoms with Crippen molar-refractivity contribution < 1.29 is 9.53 Å². The highest BCUT2D eigenvalue weighted by Gasteiger charge is 2.07. The number of nitrogens with zero attached hydrogens (tertiary/aromatic N) is 1. The highest BCUT2D eigenvalue weighted by Crippen LogP contribution is 2.26. The third-order valence-electron chi connectivity index (χ3n) is 2.56. The lowest BCUT2D eigenvalue weighted by Crippen LogP contribution is -2.03. The molecule has 2 aromatic rings. The number of ether oxygens (including phenoxy) is 1. The van der Waals surface area contributed by atoms with Crippen LogP contribution in [0, 0.1) is 0 Å². The molecule has 18 heavy (non-hydrogen) atoms. The van der Waals surface area contributed by atoms with Gasteiger partial charge in [0.05, 0.1) is 23.7 Å². The minimum atomic E-state index is -0.219. The minimum absolute atomic E-state index is 0.219. The van der Waals surface area contributed by atoms with Gasteiger partial charge in [-0.25, -0.2) is 4.98 Å². The lowest BCUT2D eigenvalue weighted by atomic mass is 10.1. The van der Waals surface area contributed by atoms with Crippen molar-refractivity contribution in [1.82, 2.24) is 4.98 Å². The van der Waals surface area contributed by atoms with Crippen LogP contribution in [0.4, 0.5) is 5.13 Å². The van der Waals surface area contributed by atoms with E-state index in [1.165, 1.54) is 7.11 Å². The Morgan fingerprint density at radius 2 is 2.33 bits per heavy atom. The number of rotatable bonds is 5. The molecule has 0 saturated heterocycles. The summed E-state index contributed by atoms with van der Waals surface area (Å²) in [7, 11) is 1.40. The Bertz CT molecular complexity index is 551. The van der Waals surface area contributed by atoms with Crippen molar-refractivity contribution in [1.29, 1.82) is 0 Å². The van der Waals surface area contributed by atoms with Gasteiger partial charge in [0.2, 0.25) is 0 Å². The molecule has 0 aliphatic carbocycles. The number of carbonyl (C=O) groups excluding carboxylic acids is 1. The monoisotopic (exact) mass is 264 g/mol. The summed E-state index contributed by atoms with van der Waals surface area (Å²) in [6, 6.07) is 5.87. The maximum Gasteiger partial charge on any atom is 0.309 e. The summed E-state index contributed by atoms with van der Waals surface area (Å²) in [5.41, 5.74) is 1.92. The second kappa shape index (κ2) is 5.82. The fraction of sp³-hybridized carbons (Fsp3) is 0.385. The van der Waals surface area contributed by atoms with E-state index in [1.807, 2.05) is 18.2 Å². The number of hydrogen-bond acceptors (Lipinski definition) is 5. The number of esters is 1. The van der Waals surface area contributed by atoms with Crippen LogP contribution in [0.25, 0.3) is 10.2 Å². The number of benzene rings is 1. The molecule has 0 bridgehead atoms. The predicted octanol–water partition coefficient (Wildman–Crippen LogP) is 2.83. The van der Waals surface area contributed by atoms with Gasteiger partial charge in [0.15, 0.2) is 5.13 Å². The van der Waals surface area contributed by atoms with Crippen LogP contribution in [0.15, 0.2) is 18.2 Å². The fourth-order valence-corrected chi connectivity index (χ4v) is 2.58. The van der Waals surface area contributed by atoms with Gasteiger partial charge < -0.3 is 10.1 Å².